The lowest BCUT2D eigenvalue weighted by Crippen LogP contribution is -2.05. The Morgan fingerprint density at radius 3 is 3.14 bits per heavy atom. The van der Waals surface area contributed by atoms with Crippen molar-refractivity contribution in [3.63, 3.8) is 0 Å². The van der Waals surface area contributed by atoms with Gasteiger partial charge in [-0.15, -0.1) is 22.9 Å². The number of nitrogens with zero attached hydrogens (tertiary/aromatic N) is 1. The highest BCUT2D eigenvalue weighted by molar-refractivity contribution is 7.10. The van der Waals surface area contributed by atoms with E-state index in [0.29, 0.717) is 11.3 Å². The van der Waals surface area contributed by atoms with Crippen molar-refractivity contribution in [2.75, 3.05) is 5.88 Å². The molecule has 2 heterocycles. The van der Waals surface area contributed by atoms with E-state index in [9.17, 15) is 4.79 Å². The zero-order valence-electron chi connectivity index (χ0n) is 7.07. The monoisotopic (exact) mass is 227 g/mol. The van der Waals surface area contributed by atoms with Gasteiger partial charge in [-0.2, -0.15) is 0 Å². The fraction of sp³-hybridized carbons (Fsp3) is 0.111. The molecule has 0 bridgehead atoms. The third-order valence-electron chi connectivity index (χ3n) is 1.73. The van der Waals surface area contributed by atoms with Crippen molar-refractivity contribution >= 4 is 40.7 Å². The molecule has 2 rings (SSSR count). The van der Waals surface area contributed by atoms with Gasteiger partial charge in [-0.1, -0.05) is 11.2 Å². The zero-order chi connectivity index (χ0) is 9.97. The average Bonchev–Trinajstić information content (AvgIpc) is 2.79. The fourth-order valence-corrected chi connectivity index (χ4v) is 1.92. The molecule has 0 saturated carbocycles. The average molecular weight is 228 g/mol. The van der Waals surface area contributed by atoms with Crippen LogP contribution in [0.1, 0.15) is 4.88 Å². The van der Waals surface area contributed by atoms with Crippen molar-refractivity contribution in [1.82, 2.24) is 0 Å². The van der Waals surface area contributed by atoms with E-state index >= 15 is 0 Å². The molecular weight excluding hydrogens is 222 g/mol. The molecule has 14 heavy (non-hydrogen) atoms. The van der Waals surface area contributed by atoms with Crippen LogP contribution in [0.25, 0.3) is 6.08 Å². The molecule has 0 atom stereocenters. The Kier molecular flexibility index (Phi) is 2.65. The lowest BCUT2D eigenvalue weighted by molar-refractivity contribution is -0.136. The first-order chi connectivity index (χ1) is 6.81. The van der Waals surface area contributed by atoms with Gasteiger partial charge in [0.25, 0.3) is 0 Å². The van der Waals surface area contributed by atoms with Crippen LogP contribution in [0.3, 0.4) is 0 Å². The third-order valence-corrected chi connectivity index (χ3v) is 2.80. The molecular formula is C9H6ClNO2S. The molecule has 0 N–H and O–H groups in total. The predicted molar refractivity (Wildman–Crippen MR) is 56.5 cm³/mol. The summed E-state index contributed by atoms with van der Waals surface area (Å²) >= 11 is 7.15. The van der Waals surface area contributed by atoms with Crippen molar-refractivity contribution in [3.05, 3.63) is 28.0 Å². The van der Waals surface area contributed by atoms with Crippen LogP contribution in [0.15, 0.2) is 28.2 Å². The fourth-order valence-electron chi connectivity index (χ4n) is 1.07. The maximum absolute atomic E-state index is 11.2. The van der Waals surface area contributed by atoms with Gasteiger partial charge in [0.05, 0.1) is 11.5 Å². The molecule has 72 valence electrons. The summed E-state index contributed by atoms with van der Waals surface area (Å²) in [5.41, 5.74) is 0.938. The van der Waals surface area contributed by atoms with Crippen LogP contribution >= 0.6 is 22.9 Å². The van der Waals surface area contributed by atoms with Gasteiger partial charge in [-0.25, -0.2) is 4.79 Å². The minimum atomic E-state index is -0.436. The van der Waals surface area contributed by atoms with E-state index < -0.39 is 5.97 Å². The molecule has 0 spiro atoms. The highest BCUT2D eigenvalue weighted by atomic mass is 35.5. The van der Waals surface area contributed by atoms with E-state index in [1.807, 2.05) is 17.5 Å². The van der Waals surface area contributed by atoms with E-state index in [0.717, 1.165) is 4.88 Å². The van der Waals surface area contributed by atoms with Crippen LogP contribution in [-0.2, 0) is 9.63 Å². The summed E-state index contributed by atoms with van der Waals surface area (Å²) < 4.78 is 0. The first-order valence-corrected chi connectivity index (χ1v) is 5.32. The first kappa shape index (κ1) is 9.43. The molecule has 5 heteroatoms. The topological polar surface area (TPSA) is 38.7 Å². The number of hydrogen-bond donors (Lipinski definition) is 0. The minimum absolute atomic E-state index is 0.183. The molecule has 1 aromatic rings. The van der Waals surface area contributed by atoms with E-state index in [-0.39, 0.29) is 5.88 Å². The predicted octanol–water partition coefficient (Wildman–Crippen LogP) is 2.28. The number of alkyl halides is 1. The molecule has 1 aliphatic rings. The number of carbonyl (C=O) groups is 1. The Bertz CT molecular complexity index is 408. The van der Waals surface area contributed by atoms with Crippen molar-refractivity contribution in [3.8, 4) is 0 Å². The summed E-state index contributed by atoms with van der Waals surface area (Å²) in [6, 6.07) is 3.82. The highest BCUT2D eigenvalue weighted by Gasteiger charge is 2.24. The maximum atomic E-state index is 11.2. The zero-order valence-corrected chi connectivity index (χ0v) is 8.64. The molecule has 0 saturated heterocycles. The summed E-state index contributed by atoms with van der Waals surface area (Å²) in [6.45, 7) is 0. The maximum Gasteiger partial charge on any atom is 0.367 e. The largest absolute Gasteiger partial charge is 0.367 e. The van der Waals surface area contributed by atoms with E-state index in [2.05, 4.69) is 9.99 Å². The lowest BCUT2D eigenvalue weighted by atomic mass is 10.1. The normalized spacial score (nSPS) is 18.5. The molecule has 0 aliphatic carbocycles. The van der Waals surface area contributed by atoms with E-state index in [1.54, 1.807) is 17.4 Å². The number of halogens is 1. The van der Waals surface area contributed by atoms with Gasteiger partial charge >= 0.3 is 5.97 Å². The van der Waals surface area contributed by atoms with E-state index in [1.165, 1.54) is 0 Å². The van der Waals surface area contributed by atoms with Crippen molar-refractivity contribution in [2.45, 2.75) is 0 Å². The highest BCUT2D eigenvalue weighted by Crippen LogP contribution is 2.19. The van der Waals surface area contributed by atoms with Crippen LogP contribution in [0, 0.1) is 0 Å². The standard InChI is InChI=1S/C9H6ClNO2S/c10-5-8-7(9(12)13-11-8)4-6-2-1-3-14-6/h1-4H,5H2/b7-4+. The molecule has 0 radical (unpaired) electrons. The van der Waals surface area contributed by atoms with Crippen LogP contribution in [0.2, 0.25) is 0 Å². The second-order valence-corrected chi connectivity index (χ2v) is 3.87. The number of hydrogen-bond acceptors (Lipinski definition) is 4. The third kappa shape index (κ3) is 1.71. The molecule has 3 nitrogen and oxygen atoms in total. The van der Waals surface area contributed by atoms with E-state index in [4.69, 9.17) is 11.6 Å². The van der Waals surface area contributed by atoms with Gasteiger partial charge in [-0.05, 0) is 17.5 Å². The van der Waals surface area contributed by atoms with Crippen molar-refractivity contribution in [1.29, 1.82) is 0 Å². The molecule has 1 aromatic heterocycles. The van der Waals surface area contributed by atoms with Gasteiger partial charge < -0.3 is 4.84 Å². The molecule has 0 amide bonds. The van der Waals surface area contributed by atoms with Crippen molar-refractivity contribution < 1.29 is 9.63 Å². The Morgan fingerprint density at radius 2 is 2.50 bits per heavy atom. The molecule has 0 unspecified atom stereocenters. The molecule has 1 aliphatic heterocycles. The molecule has 0 fully saturated rings. The Morgan fingerprint density at radius 1 is 1.64 bits per heavy atom. The second-order valence-electron chi connectivity index (χ2n) is 2.62. The number of rotatable bonds is 2. The lowest BCUT2D eigenvalue weighted by Gasteiger charge is -1.92. The van der Waals surface area contributed by atoms with Gasteiger partial charge in [0.1, 0.15) is 5.71 Å². The van der Waals surface area contributed by atoms with Gasteiger partial charge in [0.15, 0.2) is 0 Å². The number of oxime groups is 1. The quantitative estimate of drug-likeness (QED) is 0.442. The number of thiophene rings is 1. The van der Waals surface area contributed by atoms with Crippen LogP contribution in [0.5, 0.6) is 0 Å². The summed E-state index contributed by atoms with van der Waals surface area (Å²) in [6.07, 6.45) is 1.74. The Balaban J connectivity index is 2.33. The summed E-state index contributed by atoms with van der Waals surface area (Å²) in [5.74, 6) is -0.253. The number of carbonyl (C=O) groups excluding carboxylic acids is 1. The SMILES string of the molecule is O=C1ON=C(CCl)/C1=C\c1cccs1. The molecule has 0 aromatic carbocycles. The summed E-state index contributed by atoms with van der Waals surface area (Å²) in [5, 5.41) is 5.50. The van der Waals surface area contributed by atoms with Gasteiger partial charge in [0, 0.05) is 4.88 Å². The van der Waals surface area contributed by atoms with Crippen LogP contribution < -0.4 is 0 Å². The van der Waals surface area contributed by atoms with Crippen molar-refractivity contribution in [2.24, 2.45) is 5.16 Å². The minimum Gasteiger partial charge on any atom is -0.312 e. The summed E-state index contributed by atoms with van der Waals surface area (Å²) in [7, 11) is 0. The first-order valence-electron chi connectivity index (χ1n) is 3.91. The van der Waals surface area contributed by atoms with Gasteiger partial charge in [0.2, 0.25) is 0 Å². The Labute approximate surface area is 89.6 Å². The summed E-state index contributed by atoms with van der Waals surface area (Å²) in [4.78, 5) is 16.7. The van der Waals surface area contributed by atoms with Crippen LogP contribution in [0.4, 0.5) is 0 Å². The van der Waals surface area contributed by atoms with Gasteiger partial charge in [-0.3, -0.25) is 0 Å². The Hall–Kier alpha value is -1.13. The smallest absolute Gasteiger partial charge is 0.312 e. The van der Waals surface area contributed by atoms with Crippen LogP contribution in [-0.4, -0.2) is 17.6 Å². The second kappa shape index (κ2) is 3.94.